The van der Waals surface area contributed by atoms with Crippen LogP contribution in [0, 0.1) is 6.92 Å². The van der Waals surface area contributed by atoms with E-state index in [9.17, 15) is 4.79 Å². The molecule has 6 nitrogen and oxygen atoms in total. The predicted molar refractivity (Wildman–Crippen MR) is 109 cm³/mol. The maximum atomic E-state index is 12.2. The normalized spacial score (nSPS) is 11.2. The summed E-state index contributed by atoms with van der Waals surface area (Å²) in [7, 11) is 0. The van der Waals surface area contributed by atoms with Gasteiger partial charge in [-0.25, -0.2) is 4.98 Å². The van der Waals surface area contributed by atoms with Crippen molar-refractivity contribution < 1.29 is 4.79 Å². The molecule has 27 heavy (non-hydrogen) atoms. The van der Waals surface area contributed by atoms with Crippen LogP contribution in [0.2, 0.25) is 0 Å². The number of aryl methyl sites for hydroxylation is 2. The van der Waals surface area contributed by atoms with Crippen molar-refractivity contribution in [1.82, 2.24) is 19.7 Å². The second-order valence-electron chi connectivity index (χ2n) is 6.23. The molecule has 4 rings (SSSR count). The van der Waals surface area contributed by atoms with Crippen molar-refractivity contribution in [2.24, 2.45) is 0 Å². The Bertz CT molecular complexity index is 1120. The molecule has 1 N–H and O–H groups in total. The van der Waals surface area contributed by atoms with Crippen molar-refractivity contribution in [3.63, 3.8) is 0 Å². The fraction of sp³-hybridized carbons (Fsp3) is 0.200. The number of benzene rings is 2. The average Bonchev–Trinajstić information content (AvgIpc) is 3.01. The Morgan fingerprint density at radius 1 is 1.11 bits per heavy atom. The molecular weight excluding hydrogens is 358 g/mol. The molecule has 0 atom stereocenters. The van der Waals surface area contributed by atoms with Gasteiger partial charge < -0.3 is 9.88 Å². The summed E-state index contributed by atoms with van der Waals surface area (Å²) in [5, 5.41) is 13.0. The number of rotatable bonds is 5. The number of amides is 1. The summed E-state index contributed by atoms with van der Waals surface area (Å²) in [6, 6.07) is 15.8. The Morgan fingerprint density at radius 2 is 1.89 bits per heavy atom. The monoisotopic (exact) mass is 377 g/mol. The van der Waals surface area contributed by atoms with Crippen molar-refractivity contribution in [2.75, 3.05) is 11.1 Å². The van der Waals surface area contributed by atoms with Crippen molar-refractivity contribution in [3.8, 4) is 0 Å². The molecule has 0 aliphatic carbocycles. The molecule has 0 aliphatic rings. The highest BCUT2D eigenvalue weighted by Gasteiger charge is 2.14. The fourth-order valence-electron chi connectivity index (χ4n) is 3.03. The molecule has 136 valence electrons. The Balaban J connectivity index is 1.53. The quantitative estimate of drug-likeness (QED) is 0.532. The summed E-state index contributed by atoms with van der Waals surface area (Å²) in [5.74, 6) is 0.136. The molecule has 0 unspecified atom stereocenters. The molecular formula is C20H19N5OS. The van der Waals surface area contributed by atoms with Gasteiger partial charge in [0.25, 0.3) is 0 Å². The zero-order chi connectivity index (χ0) is 18.8. The summed E-state index contributed by atoms with van der Waals surface area (Å²) in [6.45, 7) is 4.88. The van der Waals surface area contributed by atoms with Crippen LogP contribution in [0.3, 0.4) is 0 Å². The zero-order valence-corrected chi connectivity index (χ0v) is 16.0. The summed E-state index contributed by atoms with van der Waals surface area (Å²) in [6.07, 6.45) is 0. The number of thioether (sulfide) groups is 1. The van der Waals surface area contributed by atoms with E-state index in [1.54, 1.807) is 0 Å². The van der Waals surface area contributed by atoms with Crippen LogP contribution in [-0.4, -0.2) is 31.4 Å². The number of carbonyl (C=O) groups is 1. The minimum Gasteiger partial charge on any atom is -0.325 e. The minimum atomic E-state index is -0.0939. The van der Waals surface area contributed by atoms with Crippen LogP contribution >= 0.6 is 11.8 Å². The second kappa shape index (κ2) is 7.36. The third-order valence-electron chi connectivity index (χ3n) is 4.34. The molecule has 2 aromatic carbocycles. The van der Waals surface area contributed by atoms with Gasteiger partial charge in [0.2, 0.25) is 11.1 Å². The van der Waals surface area contributed by atoms with Gasteiger partial charge in [-0.15, -0.1) is 10.2 Å². The number of anilines is 1. The van der Waals surface area contributed by atoms with E-state index in [-0.39, 0.29) is 11.7 Å². The molecule has 0 radical (unpaired) electrons. The number of nitrogens with one attached hydrogen (secondary N) is 1. The average molecular weight is 377 g/mol. The third-order valence-corrected chi connectivity index (χ3v) is 5.18. The molecule has 1 amide bonds. The summed E-state index contributed by atoms with van der Waals surface area (Å²) in [4.78, 5) is 16.8. The molecule has 0 aliphatic heterocycles. The molecule has 0 saturated heterocycles. The first kappa shape index (κ1) is 17.5. The van der Waals surface area contributed by atoms with Crippen LogP contribution in [0.25, 0.3) is 22.1 Å². The van der Waals surface area contributed by atoms with Crippen molar-refractivity contribution >= 4 is 45.4 Å². The fourth-order valence-corrected chi connectivity index (χ4v) is 3.62. The third kappa shape index (κ3) is 3.50. The Morgan fingerprint density at radius 3 is 2.67 bits per heavy atom. The van der Waals surface area contributed by atoms with Crippen LogP contribution < -0.4 is 5.32 Å². The summed E-state index contributed by atoms with van der Waals surface area (Å²) < 4.78 is 2.12. The van der Waals surface area contributed by atoms with Crippen LogP contribution in [0.15, 0.2) is 53.7 Å². The van der Waals surface area contributed by atoms with E-state index in [0.29, 0.717) is 5.16 Å². The van der Waals surface area contributed by atoms with Gasteiger partial charge in [0.05, 0.1) is 11.3 Å². The van der Waals surface area contributed by atoms with E-state index in [1.807, 2.05) is 49.4 Å². The maximum absolute atomic E-state index is 12.2. The molecule has 7 heteroatoms. The maximum Gasteiger partial charge on any atom is 0.234 e. The Kier molecular flexibility index (Phi) is 4.77. The number of nitrogens with zero attached hydrogens (tertiary/aromatic N) is 4. The van der Waals surface area contributed by atoms with E-state index in [1.165, 1.54) is 11.8 Å². The van der Waals surface area contributed by atoms with Gasteiger partial charge >= 0.3 is 0 Å². The van der Waals surface area contributed by atoms with Crippen molar-refractivity contribution in [2.45, 2.75) is 25.5 Å². The van der Waals surface area contributed by atoms with Crippen LogP contribution in [-0.2, 0) is 11.3 Å². The number of para-hydroxylation sites is 1. The van der Waals surface area contributed by atoms with Crippen molar-refractivity contribution in [1.29, 1.82) is 0 Å². The number of aromatic nitrogens is 4. The molecule has 4 aromatic rings. The first-order valence-corrected chi connectivity index (χ1v) is 9.75. The van der Waals surface area contributed by atoms with Crippen LogP contribution in [0.4, 0.5) is 5.69 Å². The van der Waals surface area contributed by atoms with Crippen LogP contribution in [0.1, 0.15) is 12.5 Å². The predicted octanol–water partition coefficient (Wildman–Crippen LogP) is 4.04. The highest BCUT2D eigenvalue weighted by Crippen LogP contribution is 2.27. The molecule has 0 fully saturated rings. The number of carbonyl (C=O) groups excluding carboxylic acids is 1. The summed E-state index contributed by atoms with van der Waals surface area (Å²) in [5.41, 5.74) is 4.63. The van der Waals surface area contributed by atoms with Crippen LogP contribution in [0.5, 0.6) is 0 Å². The lowest BCUT2D eigenvalue weighted by molar-refractivity contribution is -0.113. The van der Waals surface area contributed by atoms with Gasteiger partial charge in [0, 0.05) is 17.6 Å². The minimum absolute atomic E-state index is 0.0939. The van der Waals surface area contributed by atoms with E-state index < -0.39 is 0 Å². The van der Waals surface area contributed by atoms with Gasteiger partial charge in [-0.3, -0.25) is 4.79 Å². The number of fused-ring (bicyclic) bond motifs is 3. The molecule has 0 spiro atoms. The van der Waals surface area contributed by atoms with E-state index in [4.69, 9.17) is 0 Å². The topological polar surface area (TPSA) is 72.7 Å². The Hall–Kier alpha value is -2.93. The van der Waals surface area contributed by atoms with Gasteiger partial charge in [-0.1, -0.05) is 47.7 Å². The lowest BCUT2D eigenvalue weighted by Gasteiger charge is -2.05. The SMILES string of the molecule is CCn1c2ccccc2c2nnc(SCC(=O)Nc3ccc(C)cc3)nc21. The summed E-state index contributed by atoms with van der Waals surface area (Å²) >= 11 is 1.28. The zero-order valence-electron chi connectivity index (χ0n) is 15.1. The molecule has 2 heterocycles. The first-order valence-electron chi connectivity index (χ1n) is 8.76. The largest absolute Gasteiger partial charge is 0.325 e. The van der Waals surface area contributed by atoms with E-state index in [2.05, 4.69) is 38.1 Å². The molecule has 0 bridgehead atoms. The first-order chi connectivity index (χ1) is 13.2. The highest BCUT2D eigenvalue weighted by atomic mass is 32.2. The van der Waals surface area contributed by atoms with Crippen molar-refractivity contribution in [3.05, 3.63) is 54.1 Å². The van der Waals surface area contributed by atoms with Gasteiger partial charge in [0.15, 0.2) is 5.65 Å². The molecule has 0 saturated carbocycles. The van der Waals surface area contributed by atoms with Gasteiger partial charge in [-0.05, 0) is 32.0 Å². The van der Waals surface area contributed by atoms with E-state index >= 15 is 0 Å². The Labute approximate surface area is 161 Å². The number of hydrogen-bond donors (Lipinski definition) is 1. The standard InChI is InChI=1S/C20H19N5OS/c1-3-25-16-7-5-4-6-15(16)18-19(25)22-20(24-23-18)27-12-17(26)21-14-10-8-13(2)9-11-14/h4-11H,3,12H2,1-2H3,(H,21,26). The van der Waals surface area contributed by atoms with Gasteiger partial charge in [-0.2, -0.15) is 0 Å². The van der Waals surface area contributed by atoms with Gasteiger partial charge in [0.1, 0.15) is 5.52 Å². The molecule has 2 aromatic heterocycles. The lowest BCUT2D eigenvalue weighted by atomic mass is 10.2. The second-order valence-corrected chi connectivity index (χ2v) is 7.17. The smallest absolute Gasteiger partial charge is 0.234 e. The highest BCUT2D eigenvalue weighted by molar-refractivity contribution is 7.99. The van der Waals surface area contributed by atoms with E-state index in [0.717, 1.165) is 39.9 Å². The lowest BCUT2D eigenvalue weighted by Crippen LogP contribution is -2.14. The number of hydrogen-bond acceptors (Lipinski definition) is 5.